The smallest absolute Gasteiger partial charge is 0.379 e. The van der Waals surface area contributed by atoms with Crippen molar-refractivity contribution >= 4 is 16.2 Å². The van der Waals surface area contributed by atoms with Gasteiger partial charge in [0, 0.05) is 18.9 Å². The van der Waals surface area contributed by atoms with Gasteiger partial charge < -0.3 is 14.2 Å². The number of hydrogen-bond acceptors (Lipinski definition) is 7. The monoisotopic (exact) mass is 398 g/mol. The molecule has 0 aliphatic rings. The van der Waals surface area contributed by atoms with Crippen LogP contribution < -0.4 is 0 Å². The molecule has 8 nitrogen and oxygen atoms in total. The summed E-state index contributed by atoms with van der Waals surface area (Å²) in [6.45, 7) is 9.99. The van der Waals surface area contributed by atoms with Crippen molar-refractivity contribution < 1.29 is 36.2 Å². The van der Waals surface area contributed by atoms with Crippen molar-refractivity contribution in [3.8, 4) is 0 Å². The lowest BCUT2D eigenvalue weighted by Gasteiger charge is -2.16. The molecular formula is C17H34O8S. The Labute approximate surface area is 157 Å². The highest BCUT2D eigenvalue weighted by molar-refractivity contribution is 7.80. The van der Waals surface area contributed by atoms with Gasteiger partial charge in [-0.2, -0.15) is 8.42 Å². The first-order valence-electron chi connectivity index (χ1n) is 9.03. The average Bonchev–Trinajstić information content (AvgIpc) is 2.51. The van der Waals surface area contributed by atoms with E-state index in [2.05, 4.69) is 18.0 Å². The van der Waals surface area contributed by atoms with Gasteiger partial charge in [-0.25, -0.2) is 4.18 Å². The molecule has 1 atom stereocenters. The van der Waals surface area contributed by atoms with Crippen molar-refractivity contribution in [1.82, 2.24) is 0 Å². The molecule has 156 valence electrons. The minimum absolute atomic E-state index is 0.00487. The molecule has 26 heavy (non-hydrogen) atoms. The zero-order chi connectivity index (χ0) is 20.0. The van der Waals surface area contributed by atoms with Crippen LogP contribution >= 0.6 is 0 Å². The fourth-order valence-electron chi connectivity index (χ4n) is 1.90. The average molecular weight is 399 g/mol. The van der Waals surface area contributed by atoms with Gasteiger partial charge in [0.15, 0.2) is 0 Å². The molecule has 0 aliphatic heterocycles. The van der Waals surface area contributed by atoms with E-state index in [1.165, 1.54) is 0 Å². The van der Waals surface area contributed by atoms with Gasteiger partial charge in [0.05, 0.1) is 33.0 Å². The minimum Gasteiger partial charge on any atom is -0.379 e. The second-order valence-electron chi connectivity index (χ2n) is 6.79. The summed E-state index contributed by atoms with van der Waals surface area (Å²) in [5.41, 5.74) is 0. The molecule has 0 fully saturated rings. The lowest BCUT2D eigenvalue weighted by Crippen LogP contribution is -2.26. The number of hydrogen-bond donors (Lipinski definition) is 1. The molecule has 1 N–H and O–H groups in total. The van der Waals surface area contributed by atoms with E-state index >= 15 is 0 Å². The Balaban J connectivity index is 3.87. The van der Waals surface area contributed by atoms with Crippen LogP contribution in [0.5, 0.6) is 0 Å². The molecule has 0 aromatic heterocycles. The summed E-state index contributed by atoms with van der Waals surface area (Å²) in [4.78, 5) is 11.6. The van der Waals surface area contributed by atoms with Gasteiger partial charge in [-0.15, -0.1) is 0 Å². The fourth-order valence-corrected chi connectivity index (χ4v) is 2.39. The van der Waals surface area contributed by atoms with E-state index in [9.17, 15) is 13.2 Å². The molecule has 0 aromatic rings. The second kappa shape index (κ2) is 14.5. The van der Waals surface area contributed by atoms with E-state index in [0.29, 0.717) is 32.3 Å². The van der Waals surface area contributed by atoms with E-state index < -0.39 is 16.5 Å². The van der Waals surface area contributed by atoms with Crippen molar-refractivity contribution in [2.45, 2.75) is 53.1 Å². The van der Waals surface area contributed by atoms with Crippen LogP contribution in [0.3, 0.4) is 0 Å². The third kappa shape index (κ3) is 16.9. The number of ketones is 1. The summed E-state index contributed by atoms with van der Waals surface area (Å²) in [5, 5.41) is 0. The van der Waals surface area contributed by atoms with Crippen LogP contribution in [0, 0.1) is 11.8 Å². The number of ether oxygens (including phenoxy) is 3. The first kappa shape index (κ1) is 25.4. The zero-order valence-electron chi connectivity index (χ0n) is 16.3. The topological polar surface area (TPSA) is 108 Å². The lowest BCUT2D eigenvalue weighted by atomic mass is 10.0. The van der Waals surface area contributed by atoms with Crippen LogP contribution in [0.25, 0.3) is 0 Å². The molecule has 0 saturated carbocycles. The van der Waals surface area contributed by atoms with Crippen molar-refractivity contribution in [3.63, 3.8) is 0 Å². The van der Waals surface area contributed by atoms with Gasteiger partial charge >= 0.3 is 10.4 Å². The molecule has 1 unspecified atom stereocenters. The van der Waals surface area contributed by atoms with Crippen molar-refractivity contribution in [2.24, 2.45) is 11.8 Å². The fraction of sp³-hybridized carbons (Fsp3) is 0.941. The van der Waals surface area contributed by atoms with Crippen LogP contribution in [0.15, 0.2) is 0 Å². The molecule has 0 bridgehead atoms. The van der Waals surface area contributed by atoms with E-state index in [4.69, 9.17) is 18.8 Å². The second-order valence-corrected chi connectivity index (χ2v) is 7.84. The SMILES string of the molecule is CC(C)CCOCCOCCOCC(CCC(=O)C(C)C)OS(=O)(=O)O. The Morgan fingerprint density at radius 2 is 1.42 bits per heavy atom. The van der Waals surface area contributed by atoms with Crippen molar-refractivity contribution in [2.75, 3.05) is 39.6 Å². The molecule has 0 amide bonds. The highest BCUT2D eigenvalue weighted by Crippen LogP contribution is 2.10. The van der Waals surface area contributed by atoms with Gasteiger partial charge in [0.25, 0.3) is 0 Å². The highest BCUT2D eigenvalue weighted by atomic mass is 32.3. The molecule has 0 spiro atoms. The molecule has 0 aromatic carbocycles. The number of rotatable bonds is 17. The third-order valence-electron chi connectivity index (χ3n) is 3.50. The molecule has 0 radical (unpaired) electrons. The maximum absolute atomic E-state index is 11.6. The van der Waals surface area contributed by atoms with Gasteiger partial charge in [-0.1, -0.05) is 27.7 Å². The van der Waals surface area contributed by atoms with Crippen LogP contribution in [0.4, 0.5) is 0 Å². The van der Waals surface area contributed by atoms with Crippen LogP contribution in [-0.2, 0) is 33.6 Å². The molecule has 0 saturated heterocycles. The lowest BCUT2D eigenvalue weighted by molar-refractivity contribution is -0.122. The minimum atomic E-state index is -4.60. The van der Waals surface area contributed by atoms with Crippen LogP contribution in [0.1, 0.15) is 47.0 Å². The van der Waals surface area contributed by atoms with E-state index in [1.807, 2.05) is 0 Å². The molecular weight excluding hydrogens is 364 g/mol. The quantitative estimate of drug-likeness (QED) is 0.294. The normalized spacial score (nSPS) is 13.5. The molecule has 0 rings (SSSR count). The Bertz CT molecular complexity index is 461. The maximum Gasteiger partial charge on any atom is 0.397 e. The summed E-state index contributed by atoms with van der Waals surface area (Å²) in [6, 6.07) is 0. The zero-order valence-corrected chi connectivity index (χ0v) is 17.1. The van der Waals surface area contributed by atoms with E-state index in [1.54, 1.807) is 13.8 Å². The standard InChI is InChI=1S/C17H34O8S/c1-14(2)7-8-22-9-10-23-11-12-24-13-16(25-26(19,20)21)5-6-17(18)15(3)4/h14-16H,5-13H2,1-4H3,(H,19,20,21). The Kier molecular flexibility index (Phi) is 14.2. The summed E-state index contributed by atoms with van der Waals surface area (Å²) < 4.78 is 51.2. The Morgan fingerprint density at radius 1 is 0.885 bits per heavy atom. The number of carbonyl (C=O) groups is 1. The van der Waals surface area contributed by atoms with Crippen LogP contribution in [-0.4, -0.2) is 64.5 Å². The Morgan fingerprint density at radius 3 is 1.92 bits per heavy atom. The summed E-state index contributed by atoms with van der Waals surface area (Å²) in [5.74, 6) is 0.464. The van der Waals surface area contributed by atoms with Crippen molar-refractivity contribution in [3.05, 3.63) is 0 Å². The van der Waals surface area contributed by atoms with E-state index in [0.717, 1.165) is 6.42 Å². The molecule has 9 heteroatoms. The van der Waals surface area contributed by atoms with Crippen molar-refractivity contribution in [1.29, 1.82) is 0 Å². The first-order valence-corrected chi connectivity index (χ1v) is 10.4. The largest absolute Gasteiger partial charge is 0.397 e. The molecule has 0 aliphatic carbocycles. The summed E-state index contributed by atoms with van der Waals surface area (Å²) in [6.07, 6.45) is 0.414. The predicted molar refractivity (Wildman–Crippen MR) is 97.4 cm³/mol. The first-order chi connectivity index (χ1) is 12.1. The van der Waals surface area contributed by atoms with E-state index in [-0.39, 0.29) is 37.8 Å². The maximum atomic E-state index is 11.6. The molecule has 0 heterocycles. The van der Waals surface area contributed by atoms with Crippen LogP contribution in [0.2, 0.25) is 0 Å². The summed E-state index contributed by atoms with van der Waals surface area (Å²) >= 11 is 0. The predicted octanol–water partition coefficient (Wildman–Crippen LogP) is 2.28. The van der Waals surface area contributed by atoms with Gasteiger partial charge in [-0.3, -0.25) is 9.35 Å². The third-order valence-corrected chi connectivity index (χ3v) is 4.02. The van der Waals surface area contributed by atoms with Gasteiger partial charge in [0.2, 0.25) is 0 Å². The highest BCUT2D eigenvalue weighted by Gasteiger charge is 2.19. The number of Topliss-reactive ketones (excluding diaryl/α,β-unsaturated/α-hetero) is 1. The number of carbonyl (C=O) groups excluding carboxylic acids is 1. The Hall–Kier alpha value is -0.580. The van der Waals surface area contributed by atoms with Gasteiger partial charge in [-0.05, 0) is 18.8 Å². The summed E-state index contributed by atoms with van der Waals surface area (Å²) in [7, 11) is -4.60. The van der Waals surface area contributed by atoms with Gasteiger partial charge in [0.1, 0.15) is 11.9 Å².